The third kappa shape index (κ3) is 9.22. The number of guanidine groups is 1. The van der Waals surface area contributed by atoms with Crippen LogP contribution >= 0.6 is 11.6 Å². The summed E-state index contributed by atoms with van der Waals surface area (Å²) >= 11 is 6.01. The highest BCUT2D eigenvalue weighted by atomic mass is 35.5. The third-order valence-corrected chi connectivity index (χ3v) is 5.09. The van der Waals surface area contributed by atoms with Gasteiger partial charge in [0.25, 0.3) is 0 Å². The van der Waals surface area contributed by atoms with E-state index in [1.54, 1.807) is 0 Å². The first-order valence-electron chi connectivity index (χ1n) is 11.0. The smallest absolute Gasteiger partial charge is 0.234 e. The number of amides is 1. The molecule has 30 heavy (non-hydrogen) atoms. The van der Waals surface area contributed by atoms with E-state index in [2.05, 4.69) is 39.7 Å². The predicted molar refractivity (Wildman–Crippen MR) is 123 cm³/mol. The molecule has 0 bridgehead atoms. The van der Waals surface area contributed by atoms with E-state index in [9.17, 15) is 4.79 Å². The Bertz CT molecular complexity index is 677. The van der Waals surface area contributed by atoms with Crippen molar-refractivity contribution in [2.45, 2.75) is 52.2 Å². The summed E-state index contributed by atoms with van der Waals surface area (Å²) < 4.78 is 5.90. The molecule has 1 atom stereocenters. The maximum atomic E-state index is 11.9. The molecule has 1 aromatic carbocycles. The van der Waals surface area contributed by atoms with Gasteiger partial charge in [0, 0.05) is 37.2 Å². The van der Waals surface area contributed by atoms with Gasteiger partial charge in [0.1, 0.15) is 11.9 Å². The fourth-order valence-electron chi connectivity index (χ4n) is 3.30. The molecule has 0 aromatic heterocycles. The van der Waals surface area contributed by atoms with E-state index < -0.39 is 0 Å². The van der Waals surface area contributed by atoms with Crippen LogP contribution < -0.4 is 20.7 Å². The second kappa shape index (κ2) is 13.3. The molecule has 1 aliphatic heterocycles. The van der Waals surface area contributed by atoms with Gasteiger partial charge in [0.2, 0.25) is 5.91 Å². The Hall–Kier alpha value is -1.99. The van der Waals surface area contributed by atoms with Crippen molar-refractivity contribution in [3.8, 4) is 5.75 Å². The molecule has 1 fully saturated rings. The summed E-state index contributed by atoms with van der Waals surface area (Å²) in [6, 6.07) is 7.75. The van der Waals surface area contributed by atoms with Crippen LogP contribution in [0.5, 0.6) is 5.75 Å². The van der Waals surface area contributed by atoms with Crippen molar-refractivity contribution in [3.63, 3.8) is 0 Å². The van der Waals surface area contributed by atoms with Crippen LogP contribution in [-0.4, -0.2) is 68.2 Å². The van der Waals surface area contributed by atoms with E-state index in [1.807, 2.05) is 31.2 Å². The number of rotatable bonds is 10. The summed E-state index contributed by atoms with van der Waals surface area (Å²) in [4.78, 5) is 18.8. The molecular formula is C22H36ClN5O2. The molecule has 0 aliphatic carbocycles. The minimum atomic E-state index is -0.0672. The molecular weight excluding hydrogens is 402 g/mol. The van der Waals surface area contributed by atoms with E-state index in [0.29, 0.717) is 24.2 Å². The van der Waals surface area contributed by atoms with Crippen molar-refractivity contribution in [1.29, 1.82) is 0 Å². The monoisotopic (exact) mass is 437 g/mol. The van der Waals surface area contributed by atoms with Gasteiger partial charge in [-0.3, -0.25) is 9.69 Å². The molecule has 1 saturated heterocycles. The van der Waals surface area contributed by atoms with Crippen molar-refractivity contribution in [2.24, 2.45) is 4.99 Å². The number of benzene rings is 1. The molecule has 3 N–H and O–H groups in total. The van der Waals surface area contributed by atoms with Crippen LogP contribution in [0.25, 0.3) is 0 Å². The fourth-order valence-corrected chi connectivity index (χ4v) is 3.48. The van der Waals surface area contributed by atoms with Crippen LogP contribution in [0, 0.1) is 0 Å². The number of carbonyl (C=O) groups excluding carboxylic acids is 1. The Labute approximate surface area is 185 Å². The predicted octanol–water partition coefficient (Wildman–Crippen LogP) is 2.65. The molecule has 1 aliphatic rings. The molecule has 0 radical (unpaired) electrons. The number of piperidine rings is 1. The van der Waals surface area contributed by atoms with Crippen molar-refractivity contribution in [2.75, 3.05) is 39.3 Å². The Kier molecular flexibility index (Phi) is 10.8. The third-order valence-electron chi connectivity index (χ3n) is 4.85. The lowest BCUT2D eigenvalue weighted by molar-refractivity contribution is -0.122. The average molecular weight is 438 g/mol. The number of ether oxygens (including phenoxy) is 1. The number of nitrogens with zero attached hydrogens (tertiary/aromatic N) is 2. The van der Waals surface area contributed by atoms with Gasteiger partial charge < -0.3 is 20.7 Å². The second-order valence-corrected chi connectivity index (χ2v) is 8.09. The van der Waals surface area contributed by atoms with Crippen molar-refractivity contribution >= 4 is 23.5 Å². The highest BCUT2D eigenvalue weighted by Gasteiger charge is 2.21. The van der Waals surface area contributed by atoms with Gasteiger partial charge in [0.05, 0.1) is 13.1 Å². The number of aliphatic imine (C=N–C) groups is 1. The first kappa shape index (κ1) is 24.3. The van der Waals surface area contributed by atoms with E-state index in [-0.39, 0.29) is 12.0 Å². The summed E-state index contributed by atoms with van der Waals surface area (Å²) in [6.45, 7) is 10.5. The topological polar surface area (TPSA) is 78.0 Å². The number of hydrogen-bond donors (Lipinski definition) is 3. The maximum absolute atomic E-state index is 11.9. The summed E-state index contributed by atoms with van der Waals surface area (Å²) in [5.41, 5.74) is 0. The van der Waals surface area contributed by atoms with Crippen LogP contribution in [0.2, 0.25) is 5.02 Å². The van der Waals surface area contributed by atoms with Crippen molar-refractivity contribution in [1.82, 2.24) is 20.9 Å². The largest absolute Gasteiger partial charge is 0.489 e. The zero-order valence-electron chi connectivity index (χ0n) is 18.4. The fraction of sp³-hybridized carbons (Fsp3) is 0.636. The summed E-state index contributed by atoms with van der Waals surface area (Å²) in [7, 11) is 0. The molecule has 7 nitrogen and oxygen atoms in total. The highest BCUT2D eigenvalue weighted by Crippen LogP contribution is 2.18. The Morgan fingerprint density at radius 1 is 1.30 bits per heavy atom. The Morgan fingerprint density at radius 2 is 2.07 bits per heavy atom. The lowest BCUT2D eigenvalue weighted by Crippen LogP contribution is -2.50. The number of nitrogens with one attached hydrogen (secondary N) is 3. The number of carbonyl (C=O) groups is 1. The molecule has 168 valence electrons. The quantitative estimate of drug-likeness (QED) is 0.387. The van der Waals surface area contributed by atoms with Crippen LogP contribution in [0.4, 0.5) is 0 Å². The van der Waals surface area contributed by atoms with Gasteiger partial charge in [-0.05, 0) is 51.3 Å². The van der Waals surface area contributed by atoms with Crippen LogP contribution in [0.1, 0.15) is 40.0 Å². The lowest BCUT2D eigenvalue weighted by Gasteiger charge is -2.32. The zero-order valence-corrected chi connectivity index (χ0v) is 19.2. The van der Waals surface area contributed by atoms with Gasteiger partial charge >= 0.3 is 0 Å². The Morgan fingerprint density at radius 3 is 2.73 bits per heavy atom. The highest BCUT2D eigenvalue weighted by molar-refractivity contribution is 6.30. The number of hydrogen-bond acceptors (Lipinski definition) is 4. The van der Waals surface area contributed by atoms with Gasteiger partial charge in [-0.25, -0.2) is 4.99 Å². The lowest BCUT2D eigenvalue weighted by atomic mass is 10.1. The first-order chi connectivity index (χ1) is 14.5. The molecule has 0 saturated carbocycles. The summed E-state index contributed by atoms with van der Waals surface area (Å²) in [5.74, 6) is 1.67. The molecule has 8 heteroatoms. The average Bonchev–Trinajstić information content (AvgIpc) is 2.72. The van der Waals surface area contributed by atoms with Gasteiger partial charge in [-0.15, -0.1) is 0 Å². The molecule has 1 unspecified atom stereocenters. The molecule has 1 amide bonds. The van der Waals surface area contributed by atoms with E-state index in [4.69, 9.17) is 16.3 Å². The van der Waals surface area contributed by atoms with Gasteiger partial charge in [-0.2, -0.15) is 0 Å². The minimum Gasteiger partial charge on any atom is -0.489 e. The normalized spacial score (nSPS) is 16.7. The second-order valence-electron chi connectivity index (χ2n) is 7.65. The van der Waals surface area contributed by atoms with E-state index in [0.717, 1.165) is 57.2 Å². The van der Waals surface area contributed by atoms with Crippen LogP contribution in [0.3, 0.4) is 0 Å². The molecule has 2 rings (SSSR count). The number of halogens is 1. The van der Waals surface area contributed by atoms with Gasteiger partial charge in [0.15, 0.2) is 5.96 Å². The van der Waals surface area contributed by atoms with E-state index >= 15 is 0 Å². The Balaban J connectivity index is 1.77. The molecule has 1 aromatic rings. The van der Waals surface area contributed by atoms with Crippen LogP contribution in [0.15, 0.2) is 29.3 Å². The maximum Gasteiger partial charge on any atom is 0.234 e. The van der Waals surface area contributed by atoms with Crippen molar-refractivity contribution < 1.29 is 9.53 Å². The molecule has 0 spiro atoms. The van der Waals surface area contributed by atoms with Crippen molar-refractivity contribution in [3.05, 3.63) is 29.3 Å². The van der Waals surface area contributed by atoms with E-state index in [1.165, 1.54) is 0 Å². The SMILES string of the molecule is CCCNC(=O)CN1CCC(NC(=NCC(C)Oc2cccc(Cl)c2)NCC)CC1. The summed E-state index contributed by atoms with van der Waals surface area (Å²) in [6.07, 6.45) is 2.87. The standard InChI is InChI=1S/C22H36ClN5O2/c1-4-11-25-21(29)16-28-12-9-19(10-13-28)27-22(24-5-2)26-15-17(3)30-20-8-6-7-18(23)14-20/h6-8,14,17,19H,4-5,9-13,15-16H2,1-3H3,(H,25,29)(H2,24,26,27). The molecule has 1 heterocycles. The van der Waals surface area contributed by atoms with Crippen LogP contribution in [-0.2, 0) is 4.79 Å². The summed E-state index contributed by atoms with van der Waals surface area (Å²) in [5, 5.41) is 10.4. The first-order valence-corrected chi connectivity index (χ1v) is 11.3. The number of likely N-dealkylation sites (tertiary alicyclic amines) is 1. The zero-order chi connectivity index (χ0) is 21.8. The minimum absolute atomic E-state index is 0.0672. The van der Waals surface area contributed by atoms with Gasteiger partial charge in [-0.1, -0.05) is 24.6 Å².